The van der Waals surface area contributed by atoms with Gasteiger partial charge in [-0.3, -0.25) is 4.98 Å². The fraction of sp³-hybridized carbons (Fsp3) is 0.308. The third kappa shape index (κ3) is 2.14. The Labute approximate surface area is 98.7 Å². The lowest BCUT2D eigenvalue weighted by molar-refractivity contribution is 1.12. The van der Waals surface area contributed by atoms with Crippen LogP contribution in [-0.4, -0.2) is 20.6 Å². The summed E-state index contributed by atoms with van der Waals surface area (Å²) in [5.41, 5.74) is 1.96. The van der Waals surface area contributed by atoms with E-state index in [4.69, 9.17) is 4.98 Å². The van der Waals surface area contributed by atoms with Crippen LogP contribution in [0.1, 0.15) is 20.8 Å². The molecule has 0 fully saturated rings. The summed E-state index contributed by atoms with van der Waals surface area (Å²) >= 11 is 0. The molecule has 0 radical (unpaired) electrons. The summed E-state index contributed by atoms with van der Waals surface area (Å²) < 4.78 is 0. The van der Waals surface area contributed by atoms with E-state index in [-0.39, 0.29) is 10.5 Å². The summed E-state index contributed by atoms with van der Waals surface area (Å²) in [7, 11) is 0.140. The Balaban J connectivity index is 2.59. The maximum absolute atomic E-state index is 4.70. The number of nitrogens with zero attached hydrogens (tertiary/aromatic N) is 2. The van der Waals surface area contributed by atoms with Crippen LogP contribution < -0.4 is 0 Å². The molecular formula is C13H16N2S. The normalized spacial score (nSPS) is 12.7. The highest BCUT2D eigenvalue weighted by molar-refractivity contribution is 8.15. The van der Waals surface area contributed by atoms with Crippen molar-refractivity contribution in [1.82, 2.24) is 9.97 Å². The second-order valence-corrected chi connectivity index (χ2v) is 6.38. The van der Waals surface area contributed by atoms with Gasteiger partial charge in [0.15, 0.2) is 0 Å². The molecule has 0 bridgehead atoms. The van der Waals surface area contributed by atoms with Gasteiger partial charge >= 0.3 is 0 Å². The zero-order valence-corrected chi connectivity index (χ0v) is 10.7. The van der Waals surface area contributed by atoms with Crippen LogP contribution >= 0.6 is 10.5 Å². The van der Waals surface area contributed by atoms with Gasteiger partial charge in [-0.2, -0.15) is 0 Å². The maximum atomic E-state index is 4.70. The predicted molar refractivity (Wildman–Crippen MR) is 72.3 cm³/mol. The van der Waals surface area contributed by atoms with Crippen LogP contribution in [0.5, 0.6) is 0 Å². The quantitative estimate of drug-likeness (QED) is 0.741. The molecule has 16 heavy (non-hydrogen) atoms. The molecule has 0 aliphatic carbocycles. The van der Waals surface area contributed by atoms with Gasteiger partial charge in [0.2, 0.25) is 0 Å². The van der Waals surface area contributed by atoms with E-state index in [1.807, 2.05) is 30.5 Å². The van der Waals surface area contributed by atoms with Crippen molar-refractivity contribution in [2.75, 3.05) is 5.75 Å². The van der Waals surface area contributed by atoms with E-state index in [9.17, 15) is 0 Å². The minimum atomic E-state index is 0.140. The number of fused-ring (bicyclic) bond motifs is 1. The average molecular weight is 232 g/mol. The van der Waals surface area contributed by atoms with E-state index in [1.165, 1.54) is 4.86 Å². The largest absolute Gasteiger partial charge is 0.252 e. The topological polar surface area (TPSA) is 25.8 Å². The maximum Gasteiger partial charge on any atom is 0.110 e. The molecule has 3 heteroatoms. The Bertz CT molecular complexity index is 542. The summed E-state index contributed by atoms with van der Waals surface area (Å²) in [6.45, 7) is 6.54. The Morgan fingerprint density at radius 1 is 1.19 bits per heavy atom. The molecule has 1 atom stereocenters. The fourth-order valence-corrected chi connectivity index (χ4v) is 3.38. The van der Waals surface area contributed by atoms with Gasteiger partial charge in [-0.25, -0.2) is 4.98 Å². The Morgan fingerprint density at radius 2 is 1.88 bits per heavy atom. The number of para-hydroxylation sites is 2. The Hall–Kier alpha value is -1.22. The van der Waals surface area contributed by atoms with E-state index in [0.29, 0.717) is 0 Å². The van der Waals surface area contributed by atoms with Crippen LogP contribution in [-0.2, 0) is 0 Å². The van der Waals surface area contributed by atoms with E-state index in [1.54, 1.807) is 0 Å². The number of benzene rings is 1. The highest BCUT2D eigenvalue weighted by atomic mass is 32.2. The second kappa shape index (κ2) is 4.74. The monoisotopic (exact) mass is 232 g/mol. The van der Waals surface area contributed by atoms with Crippen LogP contribution in [0, 0.1) is 0 Å². The molecule has 2 rings (SSSR count). The van der Waals surface area contributed by atoms with Crippen molar-refractivity contribution in [3.8, 4) is 0 Å². The van der Waals surface area contributed by atoms with Crippen LogP contribution in [0.2, 0.25) is 0 Å². The molecule has 0 aliphatic heterocycles. The minimum Gasteiger partial charge on any atom is -0.252 e. The molecular weight excluding hydrogens is 216 g/mol. The van der Waals surface area contributed by atoms with Crippen LogP contribution in [0.15, 0.2) is 35.5 Å². The molecule has 1 unspecified atom stereocenters. The first-order valence-corrected chi connectivity index (χ1v) is 6.84. The highest BCUT2D eigenvalue weighted by Crippen LogP contribution is 2.26. The second-order valence-electron chi connectivity index (χ2n) is 3.78. The van der Waals surface area contributed by atoms with Crippen molar-refractivity contribution >= 4 is 26.4 Å². The standard InChI is InChI=1S/C13H16N2S/c1-4-16(10(2)3)13-9-14-11-7-5-6-8-12(11)15-13/h5-9H,4H2,1-3H3. The molecule has 0 amide bonds. The van der Waals surface area contributed by atoms with Crippen LogP contribution in [0.4, 0.5) is 0 Å². The lowest BCUT2D eigenvalue weighted by Gasteiger charge is -2.08. The van der Waals surface area contributed by atoms with Gasteiger partial charge in [0, 0.05) is 0 Å². The average Bonchev–Trinajstić information content (AvgIpc) is 2.29. The summed E-state index contributed by atoms with van der Waals surface area (Å²) in [5.74, 6) is 1.11. The van der Waals surface area contributed by atoms with Crippen molar-refractivity contribution in [2.45, 2.75) is 25.8 Å². The number of rotatable bonds is 2. The third-order valence-electron chi connectivity index (χ3n) is 2.46. The summed E-state index contributed by atoms with van der Waals surface area (Å²) in [6.07, 6.45) is 1.92. The molecule has 0 aliphatic rings. The van der Waals surface area contributed by atoms with Crippen LogP contribution in [0.25, 0.3) is 11.0 Å². The Kier molecular flexibility index (Phi) is 3.34. The molecule has 1 aromatic carbocycles. The van der Waals surface area contributed by atoms with Gasteiger partial charge in [-0.05, 0) is 36.6 Å². The highest BCUT2D eigenvalue weighted by Gasteiger charge is 2.03. The molecule has 2 aromatic rings. The molecule has 1 heterocycles. The summed E-state index contributed by atoms with van der Waals surface area (Å²) in [6, 6.07) is 8.02. The number of hydrogen-bond donors (Lipinski definition) is 0. The van der Waals surface area contributed by atoms with Gasteiger partial charge in [-0.15, -0.1) is 10.5 Å². The van der Waals surface area contributed by atoms with Crippen LogP contribution in [0.3, 0.4) is 0 Å². The Morgan fingerprint density at radius 3 is 2.50 bits per heavy atom. The SMILES string of the molecule is CCS(=C(C)C)c1cnc2ccccc2n1. The molecule has 0 spiro atoms. The molecule has 0 saturated heterocycles. The van der Waals surface area contributed by atoms with Gasteiger partial charge in [0.05, 0.1) is 17.2 Å². The van der Waals surface area contributed by atoms with E-state index >= 15 is 0 Å². The number of aromatic nitrogens is 2. The zero-order valence-electron chi connectivity index (χ0n) is 9.90. The molecule has 84 valence electrons. The van der Waals surface area contributed by atoms with Gasteiger partial charge in [-0.1, -0.05) is 19.1 Å². The smallest absolute Gasteiger partial charge is 0.110 e. The first-order valence-electron chi connectivity index (χ1n) is 5.45. The van der Waals surface area contributed by atoms with Crippen molar-refractivity contribution in [1.29, 1.82) is 0 Å². The first-order chi connectivity index (χ1) is 7.72. The van der Waals surface area contributed by atoms with Gasteiger partial charge in [0.25, 0.3) is 0 Å². The van der Waals surface area contributed by atoms with Gasteiger partial charge < -0.3 is 0 Å². The summed E-state index contributed by atoms with van der Waals surface area (Å²) in [4.78, 5) is 10.6. The third-order valence-corrected chi connectivity index (χ3v) is 4.72. The number of hydrogen-bond acceptors (Lipinski definition) is 2. The summed E-state index contributed by atoms with van der Waals surface area (Å²) in [5, 5.41) is 1.11. The van der Waals surface area contributed by atoms with E-state index < -0.39 is 0 Å². The molecule has 1 aromatic heterocycles. The first kappa shape index (κ1) is 11.3. The lowest BCUT2D eigenvalue weighted by atomic mass is 10.3. The lowest BCUT2D eigenvalue weighted by Crippen LogP contribution is -1.93. The molecule has 2 nitrogen and oxygen atoms in total. The van der Waals surface area contributed by atoms with Crippen molar-refractivity contribution in [3.05, 3.63) is 30.5 Å². The van der Waals surface area contributed by atoms with E-state index in [2.05, 4.69) is 25.8 Å². The molecule has 0 N–H and O–H groups in total. The van der Waals surface area contributed by atoms with Gasteiger partial charge in [0.1, 0.15) is 5.03 Å². The van der Waals surface area contributed by atoms with E-state index in [0.717, 1.165) is 21.8 Å². The zero-order chi connectivity index (χ0) is 11.5. The minimum absolute atomic E-state index is 0.140. The predicted octanol–water partition coefficient (Wildman–Crippen LogP) is 3.49. The fourth-order valence-electron chi connectivity index (χ4n) is 1.70. The van der Waals surface area contributed by atoms with Crippen molar-refractivity contribution in [2.24, 2.45) is 0 Å². The van der Waals surface area contributed by atoms with Crippen molar-refractivity contribution < 1.29 is 0 Å². The van der Waals surface area contributed by atoms with Crippen molar-refractivity contribution in [3.63, 3.8) is 0 Å². The molecule has 0 saturated carbocycles.